The molecule has 0 heteroatoms. The molecule has 46 valence electrons. The SMILES string of the molecule is [CH2+]CC(C)C/C=C\C. The van der Waals surface area contributed by atoms with Gasteiger partial charge in [-0.15, -0.1) is 0 Å². The van der Waals surface area contributed by atoms with E-state index in [1.54, 1.807) is 0 Å². The van der Waals surface area contributed by atoms with E-state index < -0.39 is 0 Å². The van der Waals surface area contributed by atoms with Crippen LogP contribution in [0.2, 0.25) is 0 Å². The van der Waals surface area contributed by atoms with Crippen LogP contribution in [0.15, 0.2) is 12.2 Å². The number of hydrogen-bond acceptors (Lipinski definition) is 0. The zero-order valence-electron chi connectivity index (χ0n) is 5.85. The minimum absolute atomic E-state index is 0.756. The van der Waals surface area contributed by atoms with Crippen LogP contribution in [0.25, 0.3) is 0 Å². The summed E-state index contributed by atoms with van der Waals surface area (Å²) in [6.07, 6.45) is 6.51. The lowest BCUT2D eigenvalue weighted by Gasteiger charge is -1.96. The maximum atomic E-state index is 3.80. The van der Waals surface area contributed by atoms with Crippen molar-refractivity contribution in [1.29, 1.82) is 0 Å². The smallest absolute Gasteiger partial charge is 0.0879 e. The van der Waals surface area contributed by atoms with E-state index in [9.17, 15) is 0 Å². The van der Waals surface area contributed by atoms with Crippen molar-refractivity contribution >= 4 is 0 Å². The third kappa shape index (κ3) is 3.79. The predicted molar refractivity (Wildman–Crippen MR) is 38.6 cm³/mol. The summed E-state index contributed by atoms with van der Waals surface area (Å²) in [6, 6.07) is 0. The third-order valence-electron chi connectivity index (χ3n) is 1.27. The third-order valence-corrected chi connectivity index (χ3v) is 1.27. The van der Waals surface area contributed by atoms with Crippen LogP contribution in [0.5, 0.6) is 0 Å². The van der Waals surface area contributed by atoms with Gasteiger partial charge in [0.25, 0.3) is 0 Å². The predicted octanol–water partition coefficient (Wildman–Crippen LogP) is 2.81. The summed E-state index contributed by atoms with van der Waals surface area (Å²) >= 11 is 0. The highest BCUT2D eigenvalue weighted by Crippen LogP contribution is 2.05. The van der Waals surface area contributed by atoms with E-state index in [4.69, 9.17) is 0 Å². The Bertz CT molecular complexity index is 62.4. The molecule has 0 aliphatic heterocycles. The quantitative estimate of drug-likeness (QED) is 0.388. The summed E-state index contributed by atoms with van der Waals surface area (Å²) in [4.78, 5) is 0. The van der Waals surface area contributed by atoms with Crippen molar-refractivity contribution in [3.05, 3.63) is 19.1 Å². The van der Waals surface area contributed by atoms with Crippen molar-refractivity contribution in [1.82, 2.24) is 0 Å². The van der Waals surface area contributed by atoms with E-state index in [2.05, 4.69) is 32.9 Å². The molecule has 1 atom stereocenters. The Balaban J connectivity index is 3.10. The Morgan fingerprint density at radius 2 is 2.25 bits per heavy atom. The first-order valence-corrected chi connectivity index (χ1v) is 3.21. The van der Waals surface area contributed by atoms with Crippen LogP contribution in [0, 0.1) is 12.8 Å². The van der Waals surface area contributed by atoms with E-state index in [1.165, 1.54) is 6.42 Å². The fourth-order valence-corrected chi connectivity index (χ4v) is 0.486. The highest BCUT2D eigenvalue weighted by Gasteiger charge is 1.96. The average Bonchev–Trinajstić information content (AvgIpc) is 1.83. The molecule has 0 aromatic carbocycles. The van der Waals surface area contributed by atoms with Crippen molar-refractivity contribution in [2.24, 2.45) is 5.92 Å². The summed E-state index contributed by atoms with van der Waals surface area (Å²) in [6.45, 7) is 8.07. The maximum Gasteiger partial charge on any atom is 0.0879 e. The minimum Gasteiger partial charge on any atom is -0.0917 e. The molecule has 0 amide bonds. The lowest BCUT2D eigenvalue weighted by molar-refractivity contribution is 0.601. The van der Waals surface area contributed by atoms with Gasteiger partial charge in [-0.25, -0.2) is 0 Å². The van der Waals surface area contributed by atoms with Crippen LogP contribution < -0.4 is 0 Å². The van der Waals surface area contributed by atoms with Gasteiger partial charge in [0, 0.05) is 0 Å². The van der Waals surface area contributed by atoms with Crippen LogP contribution in [-0.2, 0) is 0 Å². The molecule has 0 aliphatic rings. The lowest BCUT2D eigenvalue weighted by Crippen LogP contribution is -1.87. The van der Waals surface area contributed by atoms with Crippen molar-refractivity contribution < 1.29 is 0 Å². The van der Waals surface area contributed by atoms with E-state index in [1.807, 2.05) is 0 Å². The van der Waals surface area contributed by atoms with Gasteiger partial charge < -0.3 is 0 Å². The van der Waals surface area contributed by atoms with Crippen molar-refractivity contribution in [2.75, 3.05) is 0 Å². The second-order valence-corrected chi connectivity index (χ2v) is 2.20. The summed E-state index contributed by atoms with van der Waals surface area (Å²) in [5.74, 6) is 0.756. The Morgan fingerprint density at radius 1 is 1.62 bits per heavy atom. The van der Waals surface area contributed by atoms with Gasteiger partial charge >= 0.3 is 0 Å². The molecule has 0 fully saturated rings. The Labute approximate surface area is 52.6 Å². The van der Waals surface area contributed by atoms with Crippen LogP contribution in [0.1, 0.15) is 26.7 Å². The van der Waals surface area contributed by atoms with Crippen LogP contribution in [0.4, 0.5) is 0 Å². The second kappa shape index (κ2) is 4.76. The van der Waals surface area contributed by atoms with Crippen LogP contribution in [-0.4, -0.2) is 0 Å². The van der Waals surface area contributed by atoms with Gasteiger partial charge in [0.2, 0.25) is 0 Å². The maximum absolute atomic E-state index is 3.80. The molecule has 0 aromatic rings. The molecule has 0 aliphatic carbocycles. The monoisotopic (exact) mass is 111 g/mol. The molecule has 0 spiro atoms. The van der Waals surface area contributed by atoms with Gasteiger partial charge in [-0.2, -0.15) is 0 Å². The molecular weight excluding hydrogens is 96.1 g/mol. The van der Waals surface area contributed by atoms with Crippen LogP contribution in [0.3, 0.4) is 0 Å². The molecule has 8 heavy (non-hydrogen) atoms. The fraction of sp³-hybridized carbons (Fsp3) is 0.625. The first kappa shape index (κ1) is 7.61. The number of rotatable bonds is 3. The molecule has 0 saturated heterocycles. The number of hydrogen-bond donors (Lipinski definition) is 0. The fourth-order valence-electron chi connectivity index (χ4n) is 0.486. The second-order valence-electron chi connectivity index (χ2n) is 2.20. The van der Waals surface area contributed by atoms with Crippen molar-refractivity contribution in [3.8, 4) is 0 Å². The van der Waals surface area contributed by atoms with Gasteiger partial charge in [-0.05, 0) is 19.3 Å². The first-order chi connectivity index (χ1) is 3.81. The molecule has 0 rings (SSSR count). The highest BCUT2D eigenvalue weighted by atomic mass is 14.0. The zero-order valence-corrected chi connectivity index (χ0v) is 5.85. The van der Waals surface area contributed by atoms with Gasteiger partial charge in [-0.3, -0.25) is 0 Å². The molecule has 0 N–H and O–H groups in total. The largest absolute Gasteiger partial charge is 0.0917 e. The minimum atomic E-state index is 0.756. The Hall–Kier alpha value is -0.390. The molecule has 0 radical (unpaired) electrons. The lowest BCUT2D eigenvalue weighted by atomic mass is 10.1. The molecule has 0 nitrogen and oxygen atoms in total. The Morgan fingerprint density at radius 3 is 2.62 bits per heavy atom. The van der Waals surface area contributed by atoms with Gasteiger partial charge in [0.1, 0.15) is 0 Å². The molecule has 1 unspecified atom stereocenters. The summed E-state index contributed by atoms with van der Waals surface area (Å²) in [5, 5.41) is 0. The molecule has 0 heterocycles. The highest BCUT2D eigenvalue weighted by molar-refractivity contribution is 4.78. The molecule has 0 bridgehead atoms. The van der Waals surface area contributed by atoms with Gasteiger partial charge in [0.15, 0.2) is 0 Å². The Kier molecular flexibility index (Phi) is 4.53. The summed E-state index contributed by atoms with van der Waals surface area (Å²) in [7, 11) is 0. The van der Waals surface area contributed by atoms with E-state index in [0.29, 0.717) is 0 Å². The van der Waals surface area contributed by atoms with E-state index in [0.717, 1.165) is 12.3 Å². The normalized spacial score (nSPS) is 14.8. The van der Waals surface area contributed by atoms with Crippen LogP contribution >= 0.6 is 0 Å². The van der Waals surface area contributed by atoms with E-state index >= 15 is 0 Å². The van der Waals surface area contributed by atoms with Gasteiger partial charge in [-0.1, -0.05) is 19.1 Å². The zero-order chi connectivity index (χ0) is 6.41. The summed E-state index contributed by atoms with van der Waals surface area (Å²) in [5.41, 5.74) is 0. The number of allylic oxidation sites excluding steroid dienone is 2. The van der Waals surface area contributed by atoms with Gasteiger partial charge in [0.05, 0.1) is 13.3 Å². The van der Waals surface area contributed by atoms with Crippen molar-refractivity contribution in [2.45, 2.75) is 26.7 Å². The van der Waals surface area contributed by atoms with E-state index in [-0.39, 0.29) is 0 Å². The summed E-state index contributed by atoms with van der Waals surface area (Å²) < 4.78 is 0. The standard InChI is InChI=1S/C8H15/c1-4-6-7-8(3)5-2/h4,6,8H,2,5,7H2,1,3H3/q+1/b6-4-. The average molecular weight is 111 g/mol. The molecule has 0 aromatic heterocycles. The van der Waals surface area contributed by atoms with Crippen molar-refractivity contribution in [3.63, 3.8) is 0 Å². The topological polar surface area (TPSA) is 0 Å². The molecule has 0 saturated carbocycles. The first-order valence-electron chi connectivity index (χ1n) is 3.21. The molecular formula is C8H15+.